The third-order valence-electron chi connectivity index (χ3n) is 4.29. The average Bonchev–Trinajstić information content (AvgIpc) is 3.24. The van der Waals surface area contributed by atoms with Crippen LogP contribution in [0.25, 0.3) is 10.9 Å². The number of fused-ring (bicyclic) bond motifs is 1. The first-order chi connectivity index (χ1) is 13.9. The van der Waals surface area contributed by atoms with Gasteiger partial charge in [-0.1, -0.05) is 24.3 Å². The predicted molar refractivity (Wildman–Crippen MR) is 112 cm³/mol. The van der Waals surface area contributed by atoms with Crippen LogP contribution in [0, 0.1) is 0 Å². The van der Waals surface area contributed by atoms with Crippen molar-refractivity contribution in [2.24, 2.45) is 4.99 Å². The van der Waals surface area contributed by atoms with Crippen LogP contribution in [-0.2, 0) is 17.8 Å². The Balaban J connectivity index is 1.41. The van der Waals surface area contributed by atoms with Gasteiger partial charge in [0.15, 0.2) is 5.96 Å². The van der Waals surface area contributed by atoms with E-state index in [0.717, 1.165) is 43.2 Å². The minimum Gasteiger partial charge on any atom is -0.467 e. The molecule has 0 bridgehead atoms. The summed E-state index contributed by atoms with van der Waals surface area (Å²) in [6, 6.07) is 14.2. The van der Waals surface area contributed by atoms with Crippen molar-refractivity contribution in [1.29, 1.82) is 0 Å². The third kappa shape index (κ3) is 6.09. The summed E-state index contributed by atoms with van der Waals surface area (Å²) in [5.41, 5.74) is 2.32. The Bertz CT molecular complexity index is 857. The molecule has 2 N–H and O–H groups in total. The molecule has 0 saturated carbocycles. The summed E-state index contributed by atoms with van der Waals surface area (Å²) in [6.45, 7) is 5.58. The van der Waals surface area contributed by atoms with Crippen molar-refractivity contribution in [2.45, 2.75) is 26.4 Å². The Kier molecular flexibility index (Phi) is 7.88. The van der Waals surface area contributed by atoms with Gasteiger partial charge in [0.25, 0.3) is 0 Å². The number of aromatic nitrogens is 1. The number of hydrogen-bond donors (Lipinski definition) is 2. The summed E-state index contributed by atoms with van der Waals surface area (Å²) in [6.07, 6.45) is 5.26. The standard InChI is InChI=1S/C22H28N4O2/c1-2-23-22(25-13-6-15-27-17-20-10-5-16-28-20)26-14-11-19-8-3-7-18-9-4-12-24-21(18)19/h3-5,7-10,12,16H,2,6,11,13-15,17H2,1H3,(H2,23,25,26). The topological polar surface area (TPSA) is 71.7 Å². The molecule has 1 aromatic carbocycles. The Morgan fingerprint density at radius 2 is 2.07 bits per heavy atom. The van der Waals surface area contributed by atoms with Crippen molar-refractivity contribution in [1.82, 2.24) is 15.6 Å². The van der Waals surface area contributed by atoms with E-state index in [2.05, 4.69) is 51.8 Å². The highest BCUT2D eigenvalue weighted by Crippen LogP contribution is 2.15. The summed E-state index contributed by atoms with van der Waals surface area (Å²) in [4.78, 5) is 9.13. The van der Waals surface area contributed by atoms with Crippen molar-refractivity contribution in [3.8, 4) is 0 Å². The van der Waals surface area contributed by atoms with Crippen LogP contribution in [0.4, 0.5) is 0 Å². The molecule has 3 aromatic rings. The van der Waals surface area contributed by atoms with Gasteiger partial charge in [-0.2, -0.15) is 0 Å². The molecule has 0 aliphatic carbocycles. The van der Waals surface area contributed by atoms with Crippen molar-refractivity contribution in [3.63, 3.8) is 0 Å². The van der Waals surface area contributed by atoms with E-state index in [4.69, 9.17) is 9.15 Å². The zero-order valence-corrected chi connectivity index (χ0v) is 16.4. The molecule has 3 rings (SSSR count). The summed E-state index contributed by atoms with van der Waals surface area (Å²) in [7, 11) is 0. The van der Waals surface area contributed by atoms with Crippen molar-refractivity contribution >= 4 is 16.9 Å². The van der Waals surface area contributed by atoms with Crippen LogP contribution in [0.2, 0.25) is 0 Å². The Labute approximate surface area is 166 Å². The smallest absolute Gasteiger partial charge is 0.191 e. The van der Waals surface area contributed by atoms with Crippen LogP contribution in [-0.4, -0.2) is 37.2 Å². The van der Waals surface area contributed by atoms with Gasteiger partial charge >= 0.3 is 0 Å². The molecule has 0 atom stereocenters. The van der Waals surface area contributed by atoms with Crippen LogP contribution in [0.1, 0.15) is 24.7 Å². The molecular weight excluding hydrogens is 352 g/mol. The van der Waals surface area contributed by atoms with E-state index in [1.54, 1.807) is 6.26 Å². The van der Waals surface area contributed by atoms with E-state index >= 15 is 0 Å². The first-order valence-electron chi connectivity index (χ1n) is 9.81. The highest BCUT2D eigenvalue weighted by atomic mass is 16.5. The van der Waals surface area contributed by atoms with E-state index in [-0.39, 0.29) is 0 Å². The number of pyridine rings is 1. The van der Waals surface area contributed by atoms with E-state index in [1.807, 2.05) is 24.4 Å². The van der Waals surface area contributed by atoms with Crippen molar-refractivity contribution < 1.29 is 9.15 Å². The highest BCUT2D eigenvalue weighted by Gasteiger charge is 2.03. The van der Waals surface area contributed by atoms with Gasteiger partial charge in [-0.05, 0) is 43.5 Å². The number of guanidine groups is 1. The van der Waals surface area contributed by atoms with Gasteiger partial charge in [0, 0.05) is 37.8 Å². The van der Waals surface area contributed by atoms with Crippen LogP contribution in [0.3, 0.4) is 0 Å². The number of benzene rings is 1. The van der Waals surface area contributed by atoms with E-state index < -0.39 is 0 Å². The summed E-state index contributed by atoms with van der Waals surface area (Å²) >= 11 is 0. The summed E-state index contributed by atoms with van der Waals surface area (Å²) < 4.78 is 10.8. The molecule has 0 fully saturated rings. The number of nitrogens with one attached hydrogen (secondary N) is 2. The van der Waals surface area contributed by atoms with Crippen LogP contribution in [0.15, 0.2) is 64.3 Å². The van der Waals surface area contributed by atoms with Gasteiger partial charge in [0.2, 0.25) is 0 Å². The second-order valence-corrected chi connectivity index (χ2v) is 6.42. The third-order valence-corrected chi connectivity index (χ3v) is 4.29. The fraction of sp³-hybridized carbons (Fsp3) is 0.364. The van der Waals surface area contributed by atoms with Crippen LogP contribution in [0.5, 0.6) is 0 Å². The fourth-order valence-electron chi connectivity index (χ4n) is 2.95. The molecule has 0 amide bonds. The zero-order chi connectivity index (χ0) is 19.4. The molecule has 0 unspecified atom stereocenters. The number of furan rings is 1. The number of nitrogens with zero attached hydrogens (tertiary/aromatic N) is 2. The SMILES string of the molecule is CCNC(=NCCCOCc1ccco1)NCCc1cccc2cccnc12. The van der Waals surface area contributed by atoms with E-state index in [0.29, 0.717) is 19.8 Å². The summed E-state index contributed by atoms with van der Waals surface area (Å²) in [5, 5.41) is 7.87. The second-order valence-electron chi connectivity index (χ2n) is 6.42. The van der Waals surface area contributed by atoms with E-state index in [1.165, 1.54) is 10.9 Å². The maximum absolute atomic E-state index is 5.59. The van der Waals surface area contributed by atoms with Gasteiger partial charge in [-0.3, -0.25) is 9.98 Å². The van der Waals surface area contributed by atoms with Crippen LogP contribution >= 0.6 is 0 Å². The van der Waals surface area contributed by atoms with Crippen LogP contribution < -0.4 is 10.6 Å². The zero-order valence-electron chi connectivity index (χ0n) is 16.4. The lowest BCUT2D eigenvalue weighted by Gasteiger charge is -2.12. The summed E-state index contributed by atoms with van der Waals surface area (Å²) in [5.74, 6) is 1.68. The molecule has 2 heterocycles. The fourth-order valence-corrected chi connectivity index (χ4v) is 2.95. The normalized spacial score (nSPS) is 11.7. The number of ether oxygens (including phenoxy) is 1. The molecule has 28 heavy (non-hydrogen) atoms. The predicted octanol–water partition coefficient (Wildman–Crippen LogP) is 3.53. The lowest BCUT2D eigenvalue weighted by molar-refractivity contribution is 0.105. The number of para-hydroxylation sites is 1. The molecule has 148 valence electrons. The average molecular weight is 380 g/mol. The maximum Gasteiger partial charge on any atom is 0.191 e. The number of aliphatic imine (C=N–C) groups is 1. The van der Waals surface area contributed by atoms with Gasteiger partial charge in [0.1, 0.15) is 12.4 Å². The molecule has 0 saturated heterocycles. The lowest BCUT2D eigenvalue weighted by atomic mass is 10.1. The largest absolute Gasteiger partial charge is 0.467 e. The number of rotatable bonds is 10. The second kappa shape index (κ2) is 11.1. The Hall–Kier alpha value is -2.86. The van der Waals surface area contributed by atoms with Gasteiger partial charge in [-0.25, -0.2) is 0 Å². The van der Waals surface area contributed by atoms with Gasteiger partial charge in [0.05, 0.1) is 11.8 Å². The molecule has 2 aromatic heterocycles. The van der Waals surface area contributed by atoms with Crippen molar-refractivity contribution in [3.05, 3.63) is 66.2 Å². The first-order valence-corrected chi connectivity index (χ1v) is 9.81. The molecule has 6 heteroatoms. The Morgan fingerprint density at radius 3 is 2.93 bits per heavy atom. The quantitative estimate of drug-likeness (QED) is 0.320. The maximum atomic E-state index is 5.59. The molecule has 0 aliphatic rings. The molecule has 0 aliphatic heterocycles. The monoisotopic (exact) mass is 380 g/mol. The molecular formula is C22H28N4O2. The minimum absolute atomic E-state index is 0.508. The van der Waals surface area contributed by atoms with Crippen molar-refractivity contribution in [2.75, 3.05) is 26.2 Å². The van der Waals surface area contributed by atoms with E-state index in [9.17, 15) is 0 Å². The Morgan fingerprint density at radius 1 is 1.14 bits per heavy atom. The van der Waals surface area contributed by atoms with Gasteiger partial charge < -0.3 is 19.8 Å². The molecule has 0 spiro atoms. The number of hydrogen-bond acceptors (Lipinski definition) is 4. The molecule has 6 nitrogen and oxygen atoms in total. The van der Waals surface area contributed by atoms with Gasteiger partial charge in [-0.15, -0.1) is 0 Å². The first kappa shape index (κ1) is 19.9. The highest BCUT2D eigenvalue weighted by molar-refractivity contribution is 5.82. The minimum atomic E-state index is 0.508. The molecule has 0 radical (unpaired) electrons. The lowest BCUT2D eigenvalue weighted by Crippen LogP contribution is -2.38.